The molecule has 0 radical (unpaired) electrons. The van der Waals surface area contributed by atoms with Crippen molar-refractivity contribution in [3.8, 4) is 0 Å². The van der Waals surface area contributed by atoms with Gasteiger partial charge in [0.15, 0.2) is 0 Å². The van der Waals surface area contributed by atoms with E-state index in [2.05, 4.69) is 25.4 Å². The van der Waals surface area contributed by atoms with Gasteiger partial charge < -0.3 is 9.47 Å². The lowest BCUT2D eigenvalue weighted by Gasteiger charge is -2.29. The average molecular weight is 298 g/mol. The van der Waals surface area contributed by atoms with Crippen molar-refractivity contribution in [1.82, 2.24) is 4.90 Å². The second-order valence-electron chi connectivity index (χ2n) is 3.27. The molecule has 1 amide bonds. The van der Waals surface area contributed by atoms with Crippen molar-refractivity contribution in [1.29, 1.82) is 0 Å². The smallest absolute Gasteiger partial charge is 0.412 e. The Balaban J connectivity index is 2.93. The van der Waals surface area contributed by atoms with Crippen molar-refractivity contribution in [3.63, 3.8) is 0 Å². The first kappa shape index (κ1) is 13.2. The van der Waals surface area contributed by atoms with Gasteiger partial charge in [0.1, 0.15) is 0 Å². The van der Waals surface area contributed by atoms with E-state index >= 15 is 0 Å². The molecule has 0 saturated carbocycles. The normalized spacial score (nSPS) is 29.0. The maximum absolute atomic E-state index is 14.4. The third kappa shape index (κ3) is 2.00. The number of hydrogen-bond acceptors (Lipinski definition) is 4. The van der Waals surface area contributed by atoms with Crippen molar-refractivity contribution < 1.29 is 23.5 Å². The predicted molar refractivity (Wildman–Crippen MR) is 56.9 cm³/mol. The van der Waals surface area contributed by atoms with Crippen molar-refractivity contribution in [2.24, 2.45) is 0 Å². The zero-order valence-electron chi connectivity index (χ0n) is 9.03. The zero-order chi connectivity index (χ0) is 12.3. The lowest BCUT2D eigenvalue weighted by Crippen LogP contribution is -2.54. The van der Waals surface area contributed by atoms with E-state index in [-0.39, 0.29) is 13.2 Å². The van der Waals surface area contributed by atoms with Gasteiger partial charge in [-0.2, -0.15) is 0 Å². The number of likely N-dealkylation sites (tertiary alicyclic amines) is 1. The Morgan fingerprint density at radius 1 is 1.62 bits per heavy atom. The fraction of sp³-hybridized carbons (Fsp3) is 0.778. The number of carbonyl (C=O) groups is 2. The fourth-order valence-corrected chi connectivity index (χ4v) is 2.21. The molecule has 92 valence electrons. The number of hydrogen-bond donors (Lipinski definition) is 0. The molecule has 0 spiro atoms. The summed E-state index contributed by atoms with van der Waals surface area (Å²) in [6.07, 6.45) is -0.526. The summed E-state index contributed by atoms with van der Waals surface area (Å²) in [5.41, 5.74) is 0. The summed E-state index contributed by atoms with van der Waals surface area (Å²) in [7, 11) is 1.07. The number of amides is 1. The molecule has 1 aliphatic heterocycles. The molecule has 2 unspecified atom stereocenters. The predicted octanol–water partition coefficient (Wildman–Crippen LogP) is 1.45. The van der Waals surface area contributed by atoms with Crippen LogP contribution in [0.2, 0.25) is 0 Å². The lowest BCUT2D eigenvalue weighted by atomic mass is 10.2. The van der Waals surface area contributed by atoms with Gasteiger partial charge in [0.2, 0.25) is 0 Å². The minimum absolute atomic E-state index is 0.111. The van der Waals surface area contributed by atoms with Crippen molar-refractivity contribution >= 4 is 28.0 Å². The molecule has 5 nitrogen and oxygen atoms in total. The molecule has 1 saturated heterocycles. The van der Waals surface area contributed by atoms with E-state index in [1.165, 1.54) is 0 Å². The second kappa shape index (κ2) is 4.99. The molecule has 1 heterocycles. The van der Waals surface area contributed by atoms with Crippen molar-refractivity contribution in [2.45, 2.75) is 24.0 Å². The van der Waals surface area contributed by atoms with E-state index in [1.54, 1.807) is 6.92 Å². The van der Waals surface area contributed by atoms with E-state index in [0.717, 1.165) is 12.0 Å². The Hall–Kier alpha value is -0.850. The summed E-state index contributed by atoms with van der Waals surface area (Å²) >= 11 is 3.04. The Morgan fingerprint density at radius 2 is 2.25 bits per heavy atom. The highest BCUT2D eigenvalue weighted by atomic mass is 79.9. The number of nitrogens with zero attached hydrogens (tertiary/aromatic N) is 1. The first-order valence-electron chi connectivity index (χ1n) is 4.84. The molecule has 0 aliphatic carbocycles. The van der Waals surface area contributed by atoms with Gasteiger partial charge in [0, 0.05) is 6.54 Å². The average Bonchev–Trinajstić information content (AvgIpc) is 2.56. The third-order valence-electron chi connectivity index (χ3n) is 2.37. The largest absolute Gasteiger partial charge is 0.465 e. The van der Waals surface area contributed by atoms with E-state index in [0.29, 0.717) is 6.42 Å². The molecule has 0 aromatic rings. The maximum Gasteiger partial charge on any atom is 0.412 e. The molecule has 0 N–H and O–H groups in total. The van der Waals surface area contributed by atoms with Gasteiger partial charge in [-0.1, -0.05) is 15.9 Å². The van der Waals surface area contributed by atoms with Crippen LogP contribution in [0.3, 0.4) is 0 Å². The van der Waals surface area contributed by atoms with E-state index in [1.807, 2.05) is 0 Å². The summed E-state index contributed by atoms with van der Waals surface area (Å²) in [6, 6.07) is 0. The Bertz CT molecular complexity index is 301. The van der Waals surface area contributed by atoms with Crippen LogP contribution < -0.4 is 0 Å². The van der Waals surface area contributed by atoms with Crippen LogP contribution in [0.15, 0.2) is 0 Å². The molecule has 16 heavy (non-hydrogen) atoms. The van der Waals surface area contributed by atoms with E-state index in [9.17, 15) is 14.0 Å². The Morgan fingerprint density at radius 3 is 2.75 bits per heavy atom. The highest BCUT2D eigenvalue weighted by molar-refractivity contribution is 9.09. The standard InChI is InChI=1S/C9H13BrFNO4/c1-3-16-8(14)12-5-4-6(10)9(12,11)7(13)15-2/h6H,3-5H2,1-2H3. The van der Waals surface area contributed by atoms with Crippen LogP contribution in [0, 0.1) is 0 Å². The van der Waals surface area contributed by atoms with Gasteiger partial charge in [0.25, 0.3) is 5.79 Å². The first-order chi connectivity index (χ1) is 7.48. The third-order valence-corrected chi connectivity index (χ3v) is 3.44. The Labute approximate surface area is 101 Å². The summed E-state index contributed by atoms with van der Waals surface area (Å²) < 4.78 is 23.5. The molecule has 7 heteroatoms. The number of alkyl halides is 2. The summed E-state index contributed by atoms with van der Waals surface area (Å²) in [6.45, 7) is 1.84. The van der Waals surface area contributed by atoms with Gasteiger partial charge in [0.05, 0.1) is 18.5 Å². The summed E-state index contributed by atoms with van der Waals surface area (Å²) in [5, 5.41) is 0. The maximum atomic E-state index is 14.4. The number of ether oxygens (including phenoxy) is 2. The van der Waals surface area contributed by atoms with E-state index < -0.39 is 22.7 Å². The summed E-state index contributed by atoms with van der Waals surface area (Å²) in [4.78, 5) is 22.8. The van der Waals surface area contributed by atoms with Crippen LogP contribution in [-0.4, -0.2) is 47.8 Å². The van der Waals surface area contributed by atoms with Crippen LogP contribution in [-0.2, 0) is 14.3 Å². The van der Waals surface area contributed by atoms with Gasteiger partial charge in [-0.3, -0.25) is 4.90 Å². The topological polar surface area (TPSA) is 55.8 Å². The SMILES string of the molecule is CCOC(=O)N1CCC(Br)C1(F)C(=O)OC. The fourth-order valence-electron chi connectivity index (χ4n) is 1.57. The molecule has 0 aromatic carbocycles. The lowest BCUT2D eigenvalue weighted by molar-refractivity contribution is -0.163. The molecule has 1 rings (SSSR count). The minimum atomic E-state index is -2.49. The molecule has 2 atom stereocenters. The Kier molecular flexibility index (Phi) is 4.12. The van der Waals surface area contributed by atoms with Gasteiger partial charge in [-0.05, 0) is 13.3 Å². The highest BCUT2D eigenvalue weighted by Gasteiger charge is 2.58. The number of methoxy groups -OCH3 is 1. The van der Waals surface area contributed by atoms with Crippen molar-refractivity contribution in [3.05, 3.63) is 0 Å². The quantitative estimate of drug-likeness (QED) is 0.440. The highest BCUT2D eigenvalue weighted by Crippen LogP contribution is 2.37. The number of halogens is 2. The van der Waals surface area contributed by atoms with Crippen LogP contribution in [0.4, 0.5) is 9.18 Å². The molecular weight excluding hydrogens is 285 g/mol. The first-order valence-corrected chi connectivity index (χ1v) is 5.75. The monoisotopic (exact) mass is 297 g/mol. The zero-order valence-corrected chi connectivity index (χ0v) is 10.6. The van der Waals surface area contributed by atoms with Crippen LogP contribution in [0.5, 0.6) is 0 Å². The van der Waals surface area contributed by atoms with Crippen LogP contribution in [0.1, 0.15) is 13.3 Å². The number of esters is 1. The second-order valence-corrected chi connectivity index (χ2v) is 4.38. The molecule has 0 aromatic heterocycles. The van der Waals surface area contributed by atoms with Crippen LogP contribution >= 0.6 is 15.9 Å². The molecular formula is C9H13BrFNO4. The molecule has 1 fully saturated rings. The van der Waals surface area contributed by atoms with Gasteiger partial charge >= 0.3 is 12.1 Å². The minimum Gasteiger partial charge on any atom is -0.465 e. The number of carbonyl (C=O) groups excluding carboxylic acids is 2. The van der Waals surface area contributed by atoms with Crippen LogP contribution in [0.25, 0.3) is 0 Å². The number of rotatable bonds is 2. The van der Waals surface area contributed by atoms with E-state index in [4.69, 9.17) is 0 Å². The van der Waals surface area contributed by atoms with Crippen molar-refractivity contribution in [2.75, 3.05) is 20.3 Å². The van der Waals surface area contributed by atoms with Gasteiger partial charge in [-0.25, -0.2) is 14.0 Å². The van der Waals surface area contributed by atoms with Gasteiger partial charge in [-0.15, -0.1) is 0 Å². The summed E-state index contributed by atoms with van der Waals surface area (Å²) in [5.74, 6) is -3.58. The molecule has 1 aliphatic rings. The molecule has 0 bridgehead atoms.